The number of benzene rings is 1. The summed E-state index contributed by atoms with van der Waals surface area (Å²) in [4.78, 5) is 18.5. The molecule has 34 heavy (non-hydrogen) atoms. The van der Waals surface area contributed by atoms with Crippen LogP contribution in [0.3, 0.4) is 0 Å². The number of nitrogens with one attached hydrogen (secondary N) is 1. The maximum absolute atomic E-state index is 14.4. The van der Waals surface area contributed by atoms with E-state index in [0.29, 0.717) is 23.0 Å². The van der Waals surface area contributed by atoms with Crippen LogP contribution in [0.5, 0.6) is 5.75 Å². The number of nitrogens with zero attached hydrogens (tertiary/aromatic N) is 5. The third-order valence-corrected chi connectivity index (χ3v) is 7.39. The van der Waals surface area contributed by atoms with E-state index in [-0.39, 0.29) is 33.8 Å². The number of rotatable bonds is 4. The van der Waals surface area contributed by atoms with Gasteiger partial charge >= 0.3 is 0 Å². The molecule has 1 aromatic carbocycles. The number of aromatic hydroxyl groups is 1. The number of halogens is 1. The van der Waals surface area contributed by atoms with E-state index in [1.807, 2.05) is 7.05 Å². The SMILES string of the molecule is CN(c1cnc(-c2ccc(-c3cc(=O)n(C)cc3F)cc2O)nn1)[C@H]1C[C@]2(C)CC[C@](C)(C1)N2. The number of phenolic OH excluding ortho intramolecular Hbond substituents is 1. The van der Waals surface area contributed by atoms with Gasteiger partial charge in [-0.1, -0.05) is 6.07 Å². The van der Waals surface area contributed by atoms with Crippen molar-refractivity contribution in [3.63, 3.8) is 0 Å². The van der Waals surface area contributed by atoms with Gasteiger partial charge in [-0.05, 0) is 57.2 Å². The molecule has 0 saturated carbocycles. The second-order valence-electron chi connectivity index (χ2n) is 10.3. The number of pyridine rings is 1. The quantitative estimate of drug-likeness (QED) is 0.612. The van der Waals surface area contributed by atoms with E-state index in [0.717, 1.165) is 19.0 Å². The monoisotopic (exact) mass is 464 g/mol. The highest BCUT2D eigenvalue weighted by Gasteiger charge is 2.49. The number of aromatic nitrogens is 4. The molecule has 4 heterocycles. The highest BCUT2D eigenvalue weighted by atomic mass is 19.1. The topological polar surface area (TPSA) is 96.2 Å². The number of anilines is 1. The smallest absolute Gasteiger partial charge is 0.251 e. The summed E-state index contributed by atoms with van der Waals surface area (Å²) in [7, 11) is 3.51. The van der Waals surface area contributed by atoms with Crippen LogP contribution in [-0.2, 0) is 7.05 Å². The van der Waals surface area contributed by atoms with Gasteiger partial charge in [-0.2, -0.15) is 0 Å². The van der Waals surface area contributed by atoms with Crippen LogP contribution in [0.4, 0.5) is 10.2 Å². The molecule has 0 radical (unpaired) electrons. The van der Waals surface area contributed by atoms with Crippen molar-refractivity contribution in [3.05, 3.63) is 52.8 Å². The molecular formula is C25H29FN6O2. The first-order valence-electron chi connectivity index (χ1n) is 11.5. The minimum absolute atomic E-state index is 0.115. The maximum atomic E-state index is 14.4. The molecule has 3 aromatic rings. The molecule has 2 N–H and O–H groups in total. The normalized spacial score (nSPS) is 26.0. The summed E-state index contributed by atoms with van der Waals surface area (Å²) in [6, 6.07) is 6.18. The van der Waals surface area contributed by atoms with Crippen LogP contribution in [0.2, 0.25) is 0 Å². The number of phenols is 1. The molecule has 0 aliphatic carbocycles. The van der Waals surface area contributed by atoms with Crippen LogP contribution in [0.25, 0.3) is 22.5 Å². The number of piperidine rings is 1. The Hall–Kier alpha value is -3.33. The van der Waals surface area contributed by atoms with Gasteiger partial charge in [0.1, 0.15) is 11.6 Å². The minimum Gasteiger partial charge on any atom is -0.507 e. The van der Waals surface area contributed by atoms with Crippen molar-refractivity contribution in [2.45, 2.75) is 56.7 Å². The number of hydrogen-bond donors (Lipinski definition) is 2. The van der Waals surface area contributed by atoms with Gasteiger partial charge in [0.2, 0.25) is 0 Å². The Morgan fingerprint density at radius 1 is 1.15 bits per heavy atom. The second-order valence-corrected chi connectivity index (χ2v) is 10.3. The van der Waals surface area contributed by atoms with Gasteiger partial charge in [0.25, 0.3) is 5.56 Å². The molecule has 2 saturated heterocycles. The highest BCUT2D eigenvalue weighted by molar-refractivity contribution is 5.73. The number of fused-ring (bicyclic) bond motifs is 2. The molecule has 2 fully saturated rings. The zero-order valence-corrected chi connectivity index (χ0v) is 19.8. The summed E-state index contributed by atoms with van der Waals surface area (Å²) >= 11 is 0. The Morgan fingerprint density at radius 3 is 2.47 bits per heavy atom. The van der Waals surface area contributed by atoms with E-state index in [4.69, 9.17) is 0 Å². The summed E-state index contributed by atoms with van der Waals surface area (Å²) in [6.45, 7) is 4.58. The Bertz CT molecular complexity index is 1290. The summed E-state index contributed by atoms with van der Waals surface area (Å²) < 4.78 is 15.5. The van der Waals surface area contributed by atoms with Gasteiger partial charge in [0.15, 0.2) is 11.6 Å². The molecule has 178 valence electrons. The Kier molecular flexibility index (Phi) is 5.20. The van der Waals surface area contributed by atoms with Crippen LogP contribution >= 0.6 is 0 Å². The van der Waals surface area contributed by atoms with Crippen molar-refractivity contribution >= 4 is 5.82 Å². The lowest BCUT2D eigenvalue weighted by atomic mass is 9.84. The molecule has 2 bridgehead atoms. The highest BCUT2D eigenvalue weighted by Crippen LogP contribution is 2.43. The van der Waals surface area contributed by atoms with Gasteiger partial charge < -0.3 is 19.9 Å². The first-order chi connectivity index (χ1) is 16.1. The predicted octanol–water partition coefficient (Wildman–Crippen LogP) is 3.25. The van der Waals surface area contributed by atoms with Crippen molar-refractivity contribution in [3.8, 4) is 28.3 Å². The van der Waals surface area contributed by atoms with Crippen LogP contribution in [0.1, 0.15) is 39.5 Å². The third kappa shape index (κ3) is 3.94. The Morgan fingerprint density at radius 2 is 1.85 bits per heavy atom. The van der Waals surface area contributed by atoms with Crippen molar-refractivity contribution in [1.29, 1.82) is 0 Å². The van der Waals surface area contributed by atoms with E-state index in [9.17, 15) is 14.3 Å². The lowest BCUT2D eigenvalue weighted by Crippen LogP contribution is -2.58. The van der Waals surface area contributed by atoms with Crippen LogP contribution in [0, 0.1) is 5.82 Å². The summed E-state index contributed by atoms with van der Waals surface area (Å²) in [5, 5.41) is 23.0. The summed E-state index contributed by atoms with van der Waals surface area (Å²) in [5.74, 6) is 0.292. The fourth-order valence-corrected chi connectivity index (χ4v) is 5.55. The van der Waals surface area contributed by atoms with Crippen LogP contribution in [-0.4, -0.2) is 49.0 Å². The van der Waals surface area contributed by atoms with Gasteiger partial charge in [0, 0.05) is 49.0 Å². The van der Waals surface area contributed by atoms with Crippen LogP contribution in [0.15, 0.2) is 41.5 Å². The van der Waals surface area contributed by atoms with E-state index < -0.39 is 5.82 Å². The van der Waals surface area contributed by atoms with Crippen molar-refractivity contribution in [1.82, 2.24) is 25.1 Å². The molecule has 5 rings (SSSR count). The standard InChI is InChI=1S/C25H29FN6O2/c1-24-7-8-25(2,30-24)12-16(11-24)32(4)21-13-27-23(29-28-21)17-6-5-15(9-20(17)33)18-10-22(34)31(3)14-19(18)26/h5-6,9-10,13-14,16,30,33H,7-8,11-12H2,1-4H3/t16-,24-,25+. The summed E-state index contributed by atoms with van der Waals surface area (Å²) in [6.07, 6.45) is 7.21. The van der Waals surface area contributed by atoms with E-state index in [1.165, 1.54) is 36.6 Å². The van der Waals surface area contributed by atoms with Gasteiger partial charge in [-0.15, -0.1) is 10.2 Å². The lowest BCUT2D eigenvalue weighted by molar-refractivity contribution is 0.207. The van der Waals surface area contributed by atoms with E-state index in [2.05, 4.69) is 39.2 Å². The molecule has 3 atom stereocenters. The number of hydrogen-bond acceptors (Lipinski definition) is 7. The van der Waals surface area contributed by atoms with Crippen molar-refractivity contribution < 1.29 is 9.50 Å². The van der Waals surface area contributed by atoms with Gasteiger partial charge in [-0.3, -0.25) is 4.79 Å². The largest absolute Gasteiger partial charge is 0.507 e. The maximum Gasteiger partial charge on any atom is 0.251 e. The molecule has 9 heteroatoms. The average molecular weight is 465 g/mol. The van der Waals surface area contributed by atoms with E-state index >= 15 is 0 Å². The Labute approximate surface area is 197 Å². The third-order valence-electron chi connectivity index (χ3n) is 7.39. The first-order valence-corrected chi connectivity index (χ1v) is 11.5. The Balaban J connectivity index is 1.38. The summed E-state index contributed by atoms with van der Waals surface area (Å²) in [5.41, 5.74) is 0.847. The molecule has 0 spiro atoms. The van der Waals surface area contributed by atoms with Crippen LogP contribution < -0.4 is 15.8 Å². The van der Waals surface area contributed by atoms with Gasteiger partial charge in [0.05, 0.1) is 11.8 Å². The van der Waals surface area contributed by atoms with Gasteiger partial charge in [-0.25, -0.2) is 9.37 Å². The predicted molar refractivity (Wildman–Crippen MR) is 128 cm³/mol. The fourth-order valence-electron chi connectivity index (χ4n) is 5.55. The zero-order valence-electron chi connectivity index (χ0n) is 19.8. The first kappa shape index (κ1) is 22.5. The molecule has 2 aliphatic heterocycles. The van der Waals surface area contributed by atoms with Crippen molar-refractivity contribution in [2.75, 3.05) is 11.9 Å². The van der Waals surface area contributed by atoms with E-state index in [1.54, 1.807) is 18.3 Å². The molecular weight excluding hydrogens is 435 g/mol. The lowest BCUT2D eigenvalue weighted by Gasteiger charge is -2.45. The molecule has 2 aromatic heterocycles. The fraction of sp³-hybridized carbons (Fsp3) is 0.440. The zero-order chi connectivity index (χ0) is 24.3. The molecule has 2 aliphatic rings. The minimum atomic E-state index is -0.548. The average Bonchev–Trinajstić information content (AvgIpc) is 3.02. The molecule has 8 nitrogen and oxygen atoms in total. The van der Waals surface area contributed by atoms with Crippen molar-refractivity contribution in [2.24, 2.45) is 7.05 Å². The second kappa shape index (κ2) is 7.87. The molecule has 0 amide bonds. The molecule has 0 unspecified atom stereocenters. The number of aryl methyl sites for hydroxylation is 1.